The molecule has 0 atom stereocenters. The fourth-order valence-electron chi connectivity index (χ4n) is 0.868. The lowest BCUT2D eigenvalue weighted by molar-refractivity contribution is -0.138. The molecule has 0 aliphatic carbocycles. The Morgan fingerprint density at radius 1 is 1.24 bits per heavy atom. The molecule has 0 aromatic rings. The van der Waals surface area contributed by atoms with Gasteiger partial charge >= 0.3 is 11.9 Å². The zero-order chi connectivity index (χ0) is 13.3. The number of hydrogen-bond acceptors (Lipinski definition) is 5. The van der Waals surface area contributed by atoms with Crippen molar-refractivity contribution < 1.29 is 24.2 Å². The molecule has 17 heavy (non-hydrogen) atoms. The summed E-state index contributed by atoms with van der Waals surface area (Å²) < 4.78 is 4.66. The molecule has 0 bridgehead atoms. The molecule has 0 rings (SSSR count). The Morgan fingerprint density at radius 2 is 1.88 bits per heavy atom. The quantitative estimate of drug-likeness (QED) is 0.402. The molecule has 0 unspecified atom stereocenters. The molecular formula is C10H16N2O5. The van der Waals surface area contributed by atoms with Crippen LogP contribution in [0.4, 0.5) is 0 Å². The van der Waals surface area contributed by atoms with Crippen molar-refractivity contribution in [1.29, 1.82) is 0 Å². The van der Waals surface area contributed by atoms with Crippen molar-refractivity contribution in [2.24, 2.45) is 0 Å². The fourth-order valence-corrected chi connectivity index (χ4v) is 0.868. The van der Waals surface area contributed by atoms with Gasteiger partial charge in [-0.2, -0.15) is 0 Å². The molecular weight excluding hydrogens is 228 g/mol. The smallest absolute Gasteiger partial charge is 0.332 e. The van der Waals surface area contributed by atoms with Gasteiger partial charge in [0.25, 0.3) is 0 Å². The van der Waals surface area contributed by atoms with Crippen molar-refractivity contribution in [2.45, 2.75) is 13.8 Å². The van der Waals surface area contributed by atoms with Crippen molar-refractivity contribution in [3.05, 3.63) is 11.8 Å². The Kier molecular flexibility index (Phi) is 7.16. The number of carbonyl (C=O) groups is 3. The Bertz CT molecular complexity index is 325. The highest BCUT2D eigenvalue weighted by Crippen LogP contribution is 1.88. The molecule has 0 spiro atoms. The predicted octanol–water partition coefficient (Wildman–Crippen LogP) is -0.756. The van der Waals surface area contributed by atoms with E-state index in [1.807, 2.05) is 0 Å². The van der Waals surface area contributed by atoms with Gasteiger partial charge in [-0.05, 0) is 13.8 Å². The summed E-state index contributed by atoms with van der Waals surface area (Å²) in [7, 11) is 0. The largest absolute Gasteiger partial charge is 0.480 e. The normalized spacial score (nSPS) is 10.6. The number of carboxylic acids is 1. The van der Waals surface area contributed by atoms with Crippen LogP contribution in [-0.2, 0) is 19.1 Å². The van der Waals surface area contributed by atoms with E-state index in [0.29, 0.717) is 5.70 Å². The van der Waals surface area contributed by atoms with E-state index < -0.39 is 24.4 Å². The number of amides is 1. The van der Waals surface area contributed by atoms with E-state index in [0.717, 1.165) is 0 Å². The number of esters is 1. The molecule has 0 saturated heterocycles. The Balaban J connectivity index is 3.90. The topological polar surface area (TPSA) is 105 Å². The van der Waals surface area contributed by atoms with E-state index >= 15 is 0 Å². The Morgan fingerprint density at radius 3 is 2.41 bits per heavy atom. The van der Waals surface area contributed by atoms with E-state index in [1.165, 1.54) is 6.08 Å². The highest BCUT2D eigenvalue weighted by molar-refractivity contribution is 5.84. The van der Waals surface area contributed by atoms with E-state index in [1.54, 1.807) is 13.8 Å². The van der Waals surface area contributed by atoms with Crippen molar-refractivity contribution in [1.82, 2.24) is 10.6 Å². The lowest BCUT2D eigenvalue weighted by Crippen LogP contribution is -2.36. The molecule has 3 N–H and O–H groups in total. The lowest BCUT2D eigenvalue weighted by atomic mass is 10.4. The number of hydrogen-bond donors (Lipinski definition) is 3. The summed E-state index contributed by atoms with van der Waals surface area (Å²) >= 11 is 0. The van der Waals surface area contributed by atoms with Crippen LogP contribution >= 0.6 is 0 Å². The van der Waals surface area contributed by atoms with Crippen LogP contribution in [0.2, 0.25) is 0 Å². The van der Waals surface area contributed by atoms with Crippen LogP contribution in [-0.4, -0.2) is 42.6 Å². The molecule has 0 aliphatic rings. The van der Waals surface area contributed by atoms with Gasteiger partial charge in [0.15, 0.2) is 0 Å². The van der Waals surface area contributed by atoms with Crippen LogP contribution in [0.15, 0.2) is 11.8 Å². The number of ether oxygens (including phenoxy) is 1. The first-order chi connectivity index (χ1) is 7.95. The summed E-state index contributed by atoms with van der Waals surface area (Å²) in [5.41, 5.74) is 0.467. The van der Waals surface area contributed by atoms with Crippen LogP contribution in [0.1, 0.15) is 13.8 Å². The third-order valence-corrected chi connectivity index (χ3v) is 1.59. The number of aliphatic carboxylic acids is 1. The average molecular weight is 244 g/mol. The van der Waals surface area contributed by atoms with Crippen LogP contribution in [0, 0.1) is 0 Å². The second kappa shape index (κ2) is 8.14. The van der Waals surface area contributed by atoms with Gasteiger partial charge in [0.05, 0.1) is 13.2 Å². The molecule has 0 heterocycles. The molecule has 0 saturated carbocycles. The Labute approximate surface area is 98.8 Å². The SMILES string of the molecule is CCOC(=O)/C=C(\C)NCC(=O)NCC(=O)O. The average Bonchev–Trinajstić information content (AvgIpc) is 2.23. The van der Waals surface area contributed by atoms with Gasteiger partial charge in [-0.15, -0.1) is 0 Å². The second-order valence-electron chi connectivity index (χ2n) is 3.10. The Hall–Kier alpha value is -2.05. The summed E-state index contributed by atoms with van der Waals surface area (Å²) in [6, 6.07) is 0. The summed E-state index contributed by atoms with van der Waals surface area (Å²) in [5, 5.41) is 13.1. The maximum absolute atomic E-state index is 11.1. The summed E-state index contributed by atoms with van der Waals surface area (Å²) in [5.74, 6) is -2.08. The van der Waals surface area contributed by atoms with Crippen LogP contribution in [0.5, 0.6) is 0 Å². The van der Waals surface area contributed by atoms with Crippen molar-refractivity contribution >= 4 is 17.8 Å². The van der Waals surface area contributed by atoms with Gasteiger partial charge in [-0.3, -0.25) is 9.59 Å². The van der Waals surface area contributed by atoms with Gasteiger partial charge in [0, 0.05) is 11.8 Å². The minimum atomic E-state index is -1.11. The molecule has 7 nitrogen and oxygen atoms in total. The van der Waals surface area contributed by atoms with Gasteiger partial charge < -0.3 is 20.5 Å². The number of carboxylic acid groups (broad SMARTS) is 1. The molecule has 0 aliphatic heterocycles. The van der Waals surface area contributed by atoms with E-state index in [9.17, 15) is 14.4 Å². The molecule has 0 aromatic carbocycles. The maximum atomic E-state index is 11.1. The monoisotopic (exact) mass is 244 g/mol. The first-order valence-corrected chi connectivity index (χ1v) is 5.03. The molecule has 0 radical (unpaired) electrons. The standard InChI is InChI=1S/C10H16N2O5/c1-3-17-10(16)4-7(2)11-5-8(13)12-6-9(14)15/h4,11H,3,5-6H2,1-2H3,(H,12,13)(H,14,15)/b7-4+. The van der Waals surface area contributed by atoms with E-state index in [4.69, 9.17) is 5.11 Å². The summed E-state index contributed by atoms with van der Waals surface area (Å²) in [6.07, 6.45) is 1.22. The van der Waals surface area contributed by atoms with Gasteiger partial charge in [0.1, 0.15) is 6.54 Å². The first-order valence-electron chi connectivity index (χ1n) is 5.03. The number of allylic oxidation sites excluding steroid dienone is 1. The van der Waals surface area contributed by atoms with Crippen molar-refractivity contribution in [2.75, 3.05) is 19.7 Å². The third-order valence-electron chi connectivity index (χ3n) is 1.59. The van der Waals surface area contributed by atoms with Gasteiger partial charge in [0.2, 0.25) is 5.91 Å². The van der Waals surface area contributed by atoms with E-state index in [2.05, 4.69) is 15.4 Å². The molecule has 1 amide bonds. The zero-order valence-corrected chi connectivity index (χ0v) is 9.78. The minimum Gasteiger partial charge on any atom is -0.480 e. The third kappa shape index (κ3) is 8.91. The number of rotatable bonds is 7. The highest BCUT2D eigenvalue weighted by atomic mass is 16.5. The molecule has 0 fully saturated rings. The second-order valence-corrected chi connectivity index (χ2v) is 3.10. The van der Waals surface area contributed by atoms with Crippen LogP contribution in [0.25, 0.3) is 0 Å². The highest BCUT2D eigenvalue weighted by Gasteiger charge is 2.04. The molecule has 0 aromatic heterocycles. The zero-order valence-electron chi connectivity index (χ0n) is 9.78. The van der Waals surface area contributed by atoms with Crippen molar-refractivity contribution in [3.8, 4) is 0 Å². The molecule has 7 heteroatoms. The minimum absolute atomic E-state index is 0.102. The summed E-state index contributed by atoms with van der Waals surface area (Å²) in [4.78, 5) is 32.2. The van der Waals surface area contributed by atoms with Crippen LogP contribution in [0.3, 0.4) is 0 Å². The molecule has 96 valence electrons. The number of carbonyl (C=O) groups excluding carboxylic acids is 2. The van der Waals surface area contributed by atoms with Crippen molar-refractivity contribution in [3.63, 3.8) is 0 Å². The van der Waals surface area contributed by atoms with Gasteiger partial charge in [-0.25, -0.2) is 4.79 Å². The maximum Gasteiger partial charge on any atom is 0.332 e. The van der Waals surface area contributed by atoms with Gasteiger partial charge in [-0.1, -0.05) is 0 Å². The van der Waals surface area contributed by atoms with Crippen LogP contribution < -0.4 is 10.6 Å². The summed E-state index contributed by atoms with van der Waals surface area (Å²) in [6.45, 7) is 3.03. The van der Waals surface area contributed by atoms with E-state index in [-0.39, 0.29) is 13.2 Å². The number of nitrogens with one attached hydrogen (secondary N) is 2. The predicted molar refractivity (Wildman–Crippen MR) is 59.0 cm³/mol. The fraction of sp³-hybridized carbons (Fsp3) is 0.500. The first kappa shape index (κ1) is 14.9. The lowest BCUT2D eigenvalue weighted by Gasteiger charge is -2.06.